The van der Waals surface area contributed by atoms with Crippen molar-refractivity contribution in [2.24, 2.45) is 5.92 Å². The minimum Gasteiger partial charge on any atom is -0.487 e. The van der Waals surface area contributed by atoms with Gasteiger partial charge in [-0.2, -0.15) is 13.2 Å². The summed E-state index contributed by atoms with van der Waals surface area (Å²) in [5.41, 5.74) is 0.611. The van der Waals surface area contributed by atoms with Crippen LogP contribution in [0.15, 0.2) is 12.3 Å². The molecular formula is C17H27F4NO. The zero-order chi connectivity index (χ0) is 18.0. The highest BCUT2D eigenvalue weighted by atomic mass is 19.4. The van der Waals surface area contributed by atoms with Crippen molar-refractivity contribution >= 4 is 0 Å². The summed E-state index contributed by atoms with van der Waals surface area (Å²) in [6.45, 7) is 9.70. The first kappa shape index (κ1) is 21.7. The molecule has 1 aliphatic rings. The largest absolute Gasteiger partial charge is 0.487 e. The van der Waals surface area contributed by atoms with Gasteiger partial charge in [0.25, 0.3) is 0 Å². The fraction of sp³-hybridized carbons (Fsp3) is 0.706. The van der Waals surface area contributed by atoms with E-state index in [9.17, 15) is 17.6 Å². The third-order valence-corrected chi connectivity index (χ3v) is 3.39. The fourth-order valence-electron chi connectivity index (χ4n) is 2.30. The van der Waals surface area contributed by atoms with E-state index in [1.54, 1.807) is 6.92 Å². The van der Waals surface area contributed by atoms with Gasteiger partial charge < -0.3 is 4.74 Å². The Morgan fingerprint density at radius 2 is 1.57 bits per heavy atom. The zero-order valence-electron chi connectivity index (χ0n) is 14.5. The highest BCUT2D eigenvalue weighted by Gasteiger charge is 2.41. The van der Waals surface area contributed by atoms with Crippen LogP contribution in [0.25, 0.3) is 0 Å². The number of alkyl halides is 3. The Labute approximate surface area is 136 Å². The number of hydrogen-bond donors (Lipinski definition) is 0. The topological polar surface area (TPSA) is 22.1 Å². The molecule has 2 nitrogen and oxygen atoms in total. The van der Waals surface area contributed by atoms with Crippen molar-refractivity contribution in [3.8, 4) is 5.75 Å². The maximum Gasteiger partial charge on any atom is 0.391 e. The molecule has 6 heteroatoms. The SMILES string of the molecule is CC.CC.Cc1cc(OC2CCC(C(F)(F)F)CC2)c(F)cn1. The van der Waals surface area contributed by atoms with Crippen molar-refractivity contribution in [1.29, 1.82) is 0 Å². The molecule has 1 aromatic heterocycles. The Hall–Kier alpha value is -1.33. The van der Waals surface area contributed by atoms with Gasteiger partial charge in [-0.3, -0.25) is 4.98 Å². The number of nitrogens with zero attached hydrogens (tertiary/aromatic N) is 1. The minimum absolute atomic E-state index is 0.0415. The van der Waals surface area contributed by atoms with Gasteiger partial charge in [-0.15, -0.1) is 0 Å². The summed E-state index contributed by atoms with van der Waals surface area (Å²) >= 11 is 0. The molecule has 0 N–H and O–H groups in total. The van der Waals surface area contributed by atoms with Crippen LogP contribution in [0.1, 0.15) is 59.1 Å². The summed E-state index contributed by atoms with van der Waals surface area (Å²) in [6, 6.07) is 1.46. The van der Waals surface area contributed by atoms with Crippen LogP contribution in [-0.4, -0.2) is 17.3 Å². The van der Waals surface area contributed by atoms with Crippen LogP contribution in [0, 0.1) is 18.7 Å². The number of pyridine rings is 1. The lowest BCUT2D eigenvalue weighted by molar-refractivity contribution is -0.185. The number of ether oxygens (including phenoxy) is 1. The average molecular weight is 337 g/mol. The summed E-state index contributed by atoms with van der Waals surface area (Å²) in [5.74, 6) is -1.76. The molecule has 0 radical (unpaired) electrons. The van der Waals surface area contributed by atoms with Crippen LogP contribution in [0.4, 0.5) is 17.6 Å². The molecule has 1 saturated carbocycles. The van der Waals surface area contributed by atoms with E-state index >= 15 is 0 Å². The Morgan fingerprint density at radius 1 is 1.04 bits per heavy atom. The van der Waals surface area contributed by atoms with E-state index in [0.717, 1.165) is 6.20 Å². The first-order valence-corrected chi connectivity index (χ1v) is 8.22. The molecule has 1 heterocycles. The molecule has 2 rings (SSSR count). The number of aromatic nitrogens is 1. The molecule has 0 aliphatic heterocycles. The third kappa shape index (κ3) is 7.18. The molecule has 23 heavy (non-hydrogen) atoms. The lowest BCUT2D eigenvalue weighted by Crippen LogP contribution is -2.32. The van der Waals surface area contributed by atoms with Crippen molar-refractivity contribution in [3.05, 3.63) is 23.8 Å². The first-order valence-electron chi connectivity index (χ1n) is 8.22. The second kappa shape index (κ2) is 10.4. The minimum atomic E-state index is -4.14. The number of aryl methyl sites for hydroxylation is 1. The summed E-state index contributed by atoms with van der Waals surface area (Å²) in [6.07, 6.45) is -2.75. The van der Waals surface area contributed by atoms with Crippen LogP contribution >= 0.6 is 0 Å². The Morgan fingerprint density at radius 3 is 2.04 bits per heavy atom. The van der Waals surface area contributed by atoms with Crippen molar-refractivity contribution in [2.75, 3.05) is 0 Å². The van der Waals surface area contributed by atoms with Crippen LogP contribution in [0.3, 0.4) is 0 Å². The van der Waals surface area contributed by atoms with E-state index in [4.69, 9.17) is 4.74 Å². The molecule has 0 spiro atoms. The second-order valence-electron chi connectivity index (χ2n) is 4.89. The molecule has 0 bridgehead atoms. The predicted octanol–water partition coefficient (Wildman–Crippen LogP) is 6.08. The van der Waals surface area contributed by atoms with E-state index in [0.29, 0.717) is 18.5 Å². The quantitative estimate of drug-likeness (QED) is 0.610. The Bertz CT molecular complexity index is 441. The first-order chi connectivity index (χ1) is 10.9. The van der Waals surface area contributed by atoms with Crippen LogP contribution in [0.5, 0.6) is 5.75 Å². The van der Waals surface area contributed by atoms with Gasteiger partial charge in [0.2, 0.25) is 0 Å². The van der Waals surface area contributed by atoms with Crippen molar-refractivity contribution in [3.63, 3.8) is 0 Å². The van der Waals surface area contributed by atoms with Gasteiger partial charge in [-0.1, -0.05) is 27.7 Å². The van der Waals surface area contributed by atoms with Gasteiger partial charge in [0.15, 0.2) is 11.6 Å². The number of halogens is 4. The lowest BCUT2D eigenvalue weighted by atomic mass is 9.87. The Kier molecular flexibility index (Phi) is 9.84. The van der Waals surface area contributed by atoms with E-state index in [-0.39, 0.29) is 24.7 Å². The summed E-state index contributed by atoms with van der Waals surface area (Å²) in [7, 11) is 0. The summed E-state index contributed by atoms with van der Waals surface area (Å²) < 4.78 is 56.4. The molecule has 1 aromatic rings. The smallest absolute Gasteiger partial charge is 0.391 e. The van der Waals surface area contributed by atoms with E-state index in [1.807, 2.05) is 27.7 Å². The van der Waals surface area contributed by atoms with Gasteiger partial charge >= 0.3 is 6.18 Å². The lowest BCUT2D eigenvalue weighted by Gasteiger charge is -2.30. The van der Waals surface area contributed by atoms with E-state index in [2.05, 4.69) is 4.98 Å². The summed E-state index contributed by atoms with van der Waals surface area (Å²) in [4.78, 5) is 3.77. The van der Waals surface area contributed by atoms with Gasteiger partial charge in [0, 0.05) is 11.8 Å². The van der Waals surface area contributed by atoms with Crippen molar-refractivity contribution < 1.29 is 22.3 Å². The van der Waals surface area contributed by atoms with Crippen molar-refractivity contribution in [1.82, 2.24) is 4.98 Å². The average Bonchev–Trinajstić information content (AvgIpc) is 2.54. The van der Waals surface area contributed by atoms with E-state index in [1.165, 1.54) is 6.07 Å². The highest BCUT2D eigenvalue weighted by Crippen LogP contribution is 2.38. The Balaban J connectivity index is 0.00000112. The van der Waals surface area contributed by atoms with Crippen molar-refractivity contribution in [2.45, 2.75) is 72.6 Å². The number of rotatable bonds is 2. The fourth-order valence-corrected chi connectivity index (χ4v) is 2.30. The van der Waals surface area contributed by atoms with Gasteiger partial charge in [0.05, 0.1) is 18.2 Å². The van der Waals surface area contributed by atoms with Crippen LogP contribution < -0.4 is 4.74 Å². The third-order valence-electron chi connectivity index (χ3n) is 3.39. The molecular weight excluding hydrogens is 310 g/mol. The number of hydrogen-bond acceptors (Lipinski definition) is 2. The standard InChI is InChI=1S/C13H15F4NO.2C2H6/c1-8-6-12(11(14)7-18-8)19-10-4-2-9(3-5-10)13(15,16)17;2*1-2/h6-7,9-10H,2-5H2,1H3;2*1-2H3. The summed E-state index contributed by atoms with van der Waals surface area (Å²) in [5, 5.41) is 0. The second-order valence-corrected chi connectivity index (χ2v) is 4.89. The zero-order valence-corrected chi connectivity index (χ0v) is 14.5. The van der Waals surface area contributed by atoms with Crippen LogP contribution in [0.2, 0.25) is 0 Å². The normalized spacial score (nSPS) is 20.6. The van der Waals surface area contributed by atoms with Gasteiger partial charge in [-0.25, -0.2) is 4.39 Å². The maximum absolute atomic E-state index is 13.4. The van der Waals surface area contributed by atoms with E-state index < -0.39 is 17.9 Å². The maximum atomic E-state index is 13.4. The predicted molar refractivity (Wildman–Crippen MR) is 84.1 cm³/mol. The van der Waals surface area contributed by atoms with Gasteiger partial charge in [0.1, 0.15) is 0 Å². The molecule has 0 saturated heterocycles. The van der Waals surface area contributed by atoms with Crippen LogP contribution in [-0.2, 0) is 0 Å². The molecule has 0 unspecified atom stereocenters. The molecule has 134 valence electrons. The monoisotopic (exact) mass is 337 g/mol. The highest BCUT2D eigenvalue weighted by molar-refractivity contribution is 5.24. The molecule has 0 aromatic carbocycles. The molecule has 0 amide bonds. The molecule has 1 aliphatic carbocycles. The molecule has 0 atom stereocenters. The van der Waals surface area contributed by atoms with Gasteiger partial charge in [-0.05, 0) is 32.6 Å². The molecule has 1 fully saturated rings.